The largest absolute Gasteiger partial charge is 0.504 e. The van der Waals surface area contributed by atoms with E-state index in [0.717, 1.165) is 0 Å². The van der Waals surface area contributed by atoms with E-state index >= 15 is 19.2 Å². The van der Waals surface area contributed by atoms with Crippen molar-refractivity contribution < 1.29 is 262 Å². The van der Waals surface area contributed by atoms with Gasteiger partial charge in [0, 0.05) is 28.8 Å². The van der Waals surface area contributed by atoms with Crippen LogP contribution in [0.15, 0.2) is 96.6 Å². The minimum absolute atomic E-state index is 0.0430. The molecule has 53 nitrogen and oxygen atoms in total. The summed E-state index contributed by atoms with van der Waals surface area (Å²) in [5, 5.41) is 307. The fourth-order valence-electron chi connectivity index (χ4n) is 14.7. The Balaban J connectivity index is 0.881. The summed E-state index contributed by atoms with van der Waals surface area (Å²) in [5.74, 6) is -74.3. The average Bonchev–Trinajstić information content (AvgIpc) is 1.53. The van der Waals surface area contributed by atoms with Crippen molar-refractivity contribution in [1.29, 1.82) is 0 Å². The number of carbonyl (C=O) groups excluding carboxylic acids is 11. The van der Waals surface area contributed by atoms with Crippen molar-refractivity contribution in [3.8, 4) is 172 Å². The summed E-state index contributed by atoms with van der Waals surface area (Å²) in [6, 6.07) is 4.72. The zero-order valence-electron chi connectivity index (χ0n) is 66.2. The van der Waals surface area contributed by atoms with Crippen molar-refractivity contribution in [2.45, 2.75) is 78.9 Å². The number of esters is 10. The van der Waals surface area contributed by atoms with Gasteiger partial charge in [-0.2, -0.15) is 0 Å². The third-order valence-corrected chi connectivity index (χ3v) is 21.3. The van der Waals surface area contributed by atoms with E-state index < -0.39 is 391 Å². The maximum absolute atomic E-state index is 16.0. The van der Waals surface area contributed by atoms with Gasteiger partial charge in [-0.3, -0.25) is 4.79 Å². The van der Waals surface area contributed by atoms with Crippen LogP contribution in [0.3, 0.4) is 0 Å². The van der Waals surface area contributed by atoms with Gasteiger partial charge in [-0.15, -0.1) is 0 Å². The predicted molar refractivity (Wildman–Crippen MR) is 412 cm³/mol. The summed E-state index contributed by atoms with van der Waals surface area (Å²) in [7, 11) is 0. The standard InChI is InChI=1S/C82H58O53/c83-28-1-18(2-29(84)50(28)97)69(109)122-16-42-62(127-70(110)19-3-30(85)51(98)31(86)4-19)65(129-71(111)20-5-32(87)52(99)33(88)6-20)67(79(125-42)133-72(112)21-7-34(89)53(100)35(90)8-21)132-78(118)27-14-41(58(105)61(108)49(27)96)124-40-13-25-46(60(107)57(40)104)45-23(11-38(93)55(102)59(45)106)74(114)123-17-43-63-66(130-76(25)116)68(80(126-43)134-73(113)22-9-36(91)54(101)37(92)10-22)131-75(115)24-12-39(94)56(103)64-47(24)48-26(77(117)128-63)15-44(95)81(119,120)82(48,121)135-64/h1-15,42-43,48,62-63,65-68,79-80,83-94,96-108,119-121H,16-17H2. The van der Waals surface area contributed by atoms with Gasteiger partial charge in [0.25, 0.3) is 11.6 Å². The second kappa shape index (κ2) is 33.2. The lowest BCUT2D eigenvalue weighted by molar-refractivity contribution is -0.323. The maximum Gasteiger partial charge on any atom is 0.342 e. The number of aromatic hydroxyl groups is 25. The molecular formula is C82H58O53. The quantitative estimate of drug-likeness (QED) is 0.0294. The molecule has 4 bridgehead atoms. The zero-order valence-corrected chi connectivity index (χ0v) is 66.2. The summed E-state index contributed by atoms with van der Waals surface area (Å²) in [5.41, 5.74) is -16.4. The van der Waals surface area contributed by atoms with Crippen LogP contribution in [0, 0.1) is 0 Å². The molecule has 12 unspecified atom stereocenters. The van der Waals surface area contributed by atoms with Crippen LogP contribution in [0.25, 0.3) is 11.1 Å². The van der Waals surface area contributed by atoms with Gasteiger partial charge < -0.3 is 209 Å². The van der Waals surface area contributed by atoms with Crippen molar-refractivity contribution in [2.75, 3.05) is 13.2 Å². The Morgan fingerprint density at radius 2 is 0.741 bits per heavy atom. The molecule has 15 rings (SSSR count). The van der Waals surface area contributed by atoms with Gasteiger partial charge in [-0.05, 0) is 78.9 Å². The van der Waals surface area contributed by atoms with E-state index in [9.17, 15) is 177 Å². The van der Waals surface area contributed by atoms with Crippen LogP contribution in [0.1, 0.15) is 105 Å². The van der Waals surface area contributed by atoms with Gasteiger partial charge in [0.2, 0.25) is 59.3 Å². The monoisotopic (exact) mass is 1890 g/mol. The van der Waals surface area contributed by atoms with Gasteiger partial charge in [-0.1, -0.05) is 0 Å². The van der Waals surface area contributed by atoms with Crippen LogP contribution in [0.5, 0.6) is 161 Å². The number of aliphatic hydroxyl groups is 3. The molecule has 0 amide bonds. The number of carbonyl (C=O) groups is 11. The molecule has 28 N–H and O–H groups in total. The Bertz CT molecular complexity index is 6630. The van der Waals surface area contributed by atoms with Crippen molar-refractivity contribution in [3.63, 3.8) is 0 Å². The van der Waals surface area contributed by atoms with Gasteiger partial charge in [0.05, 0.1) is 56.0 Å². The molecule has 5 heterocycles. The Morgan fingerprint density at radius 3 is 1.24 bits per heavy atom. The fourth-order valence-corrected chi connectivity index (χ4v) is 14.7. The molecule has 1 aliphatic carbocycles. The van der Waals surface area contributed by atoms with E-state index in [-0.39, 0.29) is 30.3 Å². The molecule has 5 aliphatic heterocycles. The number of cyclic esters (lactones) is 1. The first-order valence-corrected chi connectivity index (χ1v) is 37.5. The highest BCUT2D eigenvalue weighted by Crippen LogP contribution is 2.62. The molecule has 135 heavy (non-hydrogen) atoms. The molecular weight excluding hydrogens is 1830 g/mol. The molecule has 704 valence electrons. The topological polar surface area (TPSA) is 883 Å². The van der Waals surface area contributed by atoms with Gasteiger partial charge in [0.1, 0.15) is 31.0 Å². The summed E-state index contributed by atoms with van der Waals surface area (Å²) in [4.78, 5) is 162. The fraction of sp³-hybridized carbons (Fsp3) is 0.183. The number of ketones is 1. The van der Waals surface area contributed by atoms with E-state index in [2.05, 4.69) is 0 Å². The Kier molecular flexibility index (Phi) is 22.4. The second-order valence-electron chi connectivity index (χ2n) is 29.6. The third-order valence-electron chi connectivity index (χ3n) is 21.3. The highest BCUT2D eigenvalue weighted by Gasteiger charge is 2.71. The first kappa shape index (κ1) is 91.2. The number of benzene rings is 9. The third kappa shape index (κ3) is 15.5. The van der Waals surface area contributed by atoms with E-state index in [1.54, 1.807) is 0 Å². The lowest BCUT2D eigenvalue weighted by atomic mass is 9.74. The maximum atomic E-state index is 16.0. The normalized spacial score (nSPS) is 21.8. The average molecular weight is 1890 g/mol. The SMILES string of the molecule is O=C1OC2C3COC(=O)c4cc(O)c(O)c(O)c4-c4c(cc(Oc5cc(C(=O)OC6C(OC(=O)c7cc(O)c(O)c(O)c7)OC(COC(=O)c7cc(O)c(O)c(O)c7)C(OC(=O)c7cc(O)c(O)c(O)c7)C6OC(=O)c6cc(O)c(O)c(O)c6)c(O)c(O)c5O)c(O)c4O)C(=O)OC2C(OC(=O)c2cc(O)c(O)c4c2C2C1=CC(=O)C(O)(O)C2(O)O4)C(OC(=O)c1cc(O)c(O)c(O)c1)O3. The molecule has 12 atom stereocenters. The van der Waals surface area contributed by atoms with Crippen molar-refractivity contribution in [1.82, 2.24) is 0 Å². The van der Waals surface area contributed by atoms with Gasteiger partial charge >= 0.3 is 59.7 Å². The minimum atomic E-state index is -4.24. The molecule has 9 aromatic rings. The molecule has 6 aliphatic rings. The zero-order chi connectivity index (χ0) is 98.3. The molecule has 9 aromatic carbocycles. The van der Waals surface area contributed by atoms with Crippen LogP contribution in [-0.4, -0.2) is 295 Å². The van der Waals surface area contributed by atoms with Crippen LogP contribution >= 0.6 is 0 Å². The number of phenols is 25. The molecule has 0 radical (unpaired) electrons. The van der Waals surface area contributed by atoms with Gasteiger partial charge in [-0.25, -0.2) is 47.9 Å². The predicted octanol–water partition coefficient (Wildman–Crippen LogP) is 0.985. The van der Waals surface area contributed by atoms with Crippen LogP contribution in [0.4, 0.5) is 0 Å². The molecule has 0 aromatic heterocycles. The Hall–Kier alpha value is -18.5. The van der Waals surface area contributed by atoms with E-state index in [0.29, 0.717) is 60.7 Å². The number of rotatable bonds is 15. The van der Waals surface area contributed by atoms with Crippen LogP contribution in [0.2, 0.25) is 0 Å². The molecule has 0 saturated carbocycles. The highest BCUT2D eigenvalue weighted by molar-refractivity contribution is 6.10. The van der Waals surface area contributed by atoms with Crippen molar-refractivity contribution in [2.24, 2.45) is 0 Å². The van der Waals surface area contributed by atoms with Crippen molar-refractivity contribution >= 4 is 65.5 Å². The number of phenolic OH excluding ortho intramolecular Hbond substituents is 25. The lowest BCUT2D eigenvalue weighted by Crippen LogP contribution is -2.66. The number of hydrogen-bond donors (Lipinski definition) is 28. The summed E-state index contributed by atoms with van der Waals surface area (Å²) < 4.78 is 79.7. The number of fused-ring (bicyclic) bond motifs is 3. The summed E-state index contributed by atoms with van der Waals surface area (Å²) in [6.07, 6.45) is -28.7. The lowest BCUT2D eigenvalue weighted by Gasteiger charge is -2.44. The van der Waals surface area contributed by atoms with Crippen LogP contribution < -0.4 is 9.47 Å². The number of ether oxygens (including phenoxy) is 14. The number of hydrogen-bond acceptors (Lipinski definition) is 53. The summed E-state index contributed by atoms with van der Waals surface area (Å²) in [6.45, 7) is -3.13. The summed E-state index contributed by atoms with van der Waals surface area (Å²) >= 11 is 0. The first-order valence-electron chi connectivity index (χ1n) is 37.5. The Labute approximate surface area is 741 Å². The first-order chi connectivity index (χ1) is 63.4. The molecule has 2 fully saturated rings. The van der Waals surface area contributed by atoms with Crippen molar-refractivity contribution in [3.05, 3.63) is 152 Å². The minimum Gasteiger partial charge on any atom is -0.504 e. The van der Waals surface area contributed by atoms with E-state index in [4.69, 9.17) is 66.3 Å². The Morgan fingerprint density at radius 1 is 0.348 bits per heavy atom. The second-order valence-corrected chi connectivity index (χ2v) is 29.6. The van der Waals surface area contributed by atoms with Gasteiger partial charge in [0.15, 0.2) is 157 Å². The molecule has 2 saturated heterocycles. The molecule has 53 heteroatoms. The van der Waals surface area contributed by atoms with Crippen LogP contribution in [-0.2, 0) is 66.4 Å². The van der Waals surface area contributed by atoms with E-state index in [1.165, 1.54) is 0 Å². The molecule has 0 spiro atoms. The van der Waals surface area contributed by atoms with E-state index in [1.807, 2.05) is 0 Å². The highest BCUT2D eigenvalue weighted by atomic mass is 16.8. The smallest absolute Gasteiger partial charge is 0.342 e.